The number of likely N-dealkylation sites (tertiary alicyclic amines) is 1. The number of carbonyl (C=O) groups excluding carboxylic acids is 2. The average molecular weight is 368 g/mol. The van der Waals surface area contributed by atoms with Crippen LogP contribution in [0.4, 0.5) is 0 Å². The van der Waals surface area contributed by atoms with Crippen LogP contribution in [0.25, 0.3) is 0 Å². The van der Waals surface area contributed by atoms with E-state index in [0.717, 1.165) is 12.0 Å². The Kier molecular flexibility index (Phi) is 4.79. The third-order valence-corrected chi connectivity index (χ3v) is 5.75. The number of rotatable bonds is 3. The second-order valence-electron chi connectivity index (χ2n) is 6.55. The monoisotopic (exact) mass is 368 g/mol. The number of benzene rings is 1. The highest BCUT2D eigenvalue weighted by Gasteiger charge is 2.35. The minimum atomic E-state index is -0.0863. The van der Waals surface area contributed by atoms with Gasteiger partial charge in [-0.25, -0.2) is 9.99 Å². The van der Waals surface area contributed by atoms with Gasteiger partial charge in [-0.15, -0.1) is 11.3 Å². The van der Waals surface area contributed by atoms with Crippen molar-refractivity contribution in [1.82, 2.24) is 14.9 Å². The number of hydrogen-bond donors (Lipinski definition) is 0. The van der Waals surface area contributed by atoms with Gasteiger partial charge >= 0.3 is 0 Å². The van der Waals surface area contributed by atoms with Gasteiger partial charge in [-0.3, -0.25) is 9.59 Å². The van der Waals surface area contributed by atoms with Gasteiger partial charge in [-0.2, -0.15) is 5.10 Å². The molecule has 0 spiro atoms. The Morgan fingerprint density at radius 2 is 1.88 bits per heavy atom. The third kappa shape index (κ3) is 3.26. The Morgan fingerprint density at radius 1 is 1.12 bits per heavy atom. The lowest BCUT2D eigenvalue weighted by atomic mass is 9.94. The summed E-state index contributed by atoms with van der Waals surface area (Å²) in [5.74, 6) is -0.0574. The van der Waals surface area contributed by atoms with Crippen molar-refractivity contribution >= 4 is 29.4 Å². The van der Waals surface area contributed by atoms with Crippen molar-refractivity contribution in [2.75, 3.05) is 13.1 Å². The zero-order valence-corrected chi connectivity index (χ0v) is 15.1. The molecular formula is C19H20N4O2S. The zero-order valence-electron chi connectivity index (χ0n) is 14.3. The van der Waals surface area contributed by atoms with Crippen LogP contribution in [0.1, 0.15) is 40.7 Å². The van der Waals surface area contributed by atoms with Gasteiger partial charge in [0.2, 0.25) is 5.91 Å². The number of thiazole rings is 1. The summed E-state index contributed by atoms with van der Waals surface area (Å²) in [6.45, 7) is 1.17. The van der Waals surface area contributed by atoms with E-state index in [-0.39, 0.29) is 23.8 Å². The number of carbonyl (C=O) groups is 2. The largest absolute Gasteiger partial charge is 0.337 e. The van der Waals surface area contributed by atoms with E-state index in [0.29, 0.717) is 30.9 Å². The molecule has 1 atom stereocenters. The zero-order chi connectivity index (χ0) is 17.9. The molecule has 0 radical (unpaired) electrons. The molecule has 1 aromatic heterocycles. The topological polar surface area (TPSA) is 65.9 Å². The minimum absolute atomic E-state index is 0.0151. The van der Waals surface area contributed by atoms with E-state index < -0.39 is 0 Å². The van der Waals surface area contributed by atoms with Crippen molar-refractivity contribution in [2.45, 2.75) is 25.3 Å². The van der Waals surface area contributed by atoms with Crippen molar-refractivity contribution in [3.63, 3.8) is 0 Å². The maximum atomic E-state index is 13.0. The predicted molar refractivity (Wildman–Crippen MR) is 99.9 cm³/mol. The first-order chi connectivity index (χ1) is 12.7. The summed E-state index contributed by atoms with van der Waals surface area (Å²) in [7, 11) is 0. The Labute approximate surface area is 156 Å². The molecule has 1 fully saturated rings. The summed E-state index contributed by atoms with van der Waals surface area (Å²) >= 11 is 1.35. The lowest BCUT2D eigenvalue weighted by molar-refractivity contribution is -0.138. The molecule has 0 saturated carbocycles. The van der Waals surface area contributed by atoms with Crippen LogP contribution in [-0.2, 0) is 4.79 Å². The fourth-order valence-electron chi connectivity index (χ4n) is 3.56. The normalized spacial score (nSPS) is 20.5. The average Bonchev–Trinajstić information content (AvgIpc) is 3.39. The quantitative estimate of drug-likeness (QED) is 0.837. The van der Waals surface area contributed by atoms with Crippen LogP contribution in [0.3, 0.4) is 0 Å². The summed E-state index contributed by atoms with van der Waals surface area (Å²) in [4.78, 5) is 31.3. The van der Waals surface area contributed by atoms with Gasteiger partial charge in [-0.1, -0.05) is 30.3 Å². The van der Waals surface area contributed by atoms with Gasteiger partial charge in [0, 0.05) is 43.2 Å². The summed E-state index contributed by atoms with van der Waals surface area (Å²) in [5, 5.41) is 8.29. The van der Waals surface area contributed by atoms with Crippen molar-refractivity contribution in [3.05, 3.63) is 52.5 Å². The van der Waals surface area contributed by atoms with Gasteiger partial charge in [0.15, 0.2) is 5.01 Å². The lowest BCUT2D eigenvalue weighted by Gasteiger charge is -2.33. The van der Waals surface area contributed by atoms with E-state index in [1.165, 1.54) is 11.3 Å². The second-order valence-corrected chi connectivity index (χ2v) is 7.44. The molecule has 1 aromatic carbocycles. The van der Waals surface area contributed by atoms with Crippen molar-refractivity contribution < 1.29 is 9.59 Å². The molecule has 4 rings (SSSR count). The fraction of sp³-hybridized carbons (Fsp3) is 0.368. The fourth-order valence-corrected chi connectivity index (χ4v) is 4.16. The van der Waals surface area contributed by atoms with E-state index in [2.05, 4.69) is 10.1 Å². The molecule has 0 aliphatic carbocycles. The number of amides is 2. The van der Waals surface area contributed by atoms with Crippen LogP contribution in [0, 0.1) is 5.92 Å². The molecule has 2 aromatic rings. The number of hydrogen-bond acceptors (Lipinski definition) is 5. The highest BCUT2D eigenvalue weighted by Crippen LogP contribution is 2.31. The Hall–Kier alpha value is -2.54. The molecule has 2 amide bonds. The number of hydrazone groups is 1. The maximum absolute atomic E-state index is 13.0. The molecule has 26 heavy (non-hydrogen) atoms. The van der Waals surface area contributed by atoms with Crippen LogP contribution in [-0.4, -0.2) is 46.0 Å². The molecule has 1 saturated heterocycles. The molecule has 0 N–H and O–H groups in total. The van der Waals surface area contributed by atoms with Gasteiger partial charge in [0.25, 0.3) is 5.91 Å². The van der Waals surface area contributed by atoms with E-state index in [1.807, 2.05) is 36.5 Å². The van der Waals surface area contributed by atoms with Crippen molar-refractivity contribution in [1.29, 1.82) is 0 Å². The SMILES string of the molecule is O=C(c1nccs1)N1CCC(C(=O)N2N=CCC2c2ccccc2)CC1. The molecule has 6 nitrogen and oxygen atoms in total. The van der Waals surface area contributed by atoms with Crippen LogP contribution < -0.4 is 0 Å². The van der Waals surface area contributed by atoms with Crippen LogP contribution in [0.15, 0.2) is 47.0 Å². The standard InChI is InChI=1S/C19H20N4O2S/c24-18(23-16(6-9-21-23)14-4-2-1-3-5-14)15-7-11-22(12-8-15)19(25)17-20-10-13-26-17/h1-5,9-10,13,15-16H,6-8,11-12H2. The number of nitrogens with zero attached hydrogens (tertiary/aromatic N) is 4. The van der Waals surface area contributed by atoms with Crippen LogP contribution in [0.2, 0.25) is 0 Å². The molecule has 0 bridgehead atoms. The number of piperidine rings is 1. The van der Waals surface area contributed by atoms with Gasteiger partial charge in [-0.05, 0) is 18.4 Å². The lowest BCUT2D eigenvalue weighted by Crippen LogP contribution is -2.43. The summed E-state index contributed by atoms with van der Waals surface area (Å²) in [5.41, 5.74) is 1.11. The van der Waals surface area contributed by atoms with E-state index in [9.17, 15) is 9.59 Å². The van der Waals surface area contributed by atoms with Gasteiger partial charge < -0.3 is 4.90 Å². The van der Waals surface area contributed by atoms with E-state index >= 15 is 0 Å². The predicted octanol–water partition coefficient (Wildman–Crippen LogP) is 2.95. The highest BCUT2D eigenvalue weighted by atomic mass is 32.1. The molecule has 1 unspecified atom stereocenters. The minimum Gasteiger partial charge on any atom is -0.337 e. The first-order valence-electron chi connectivity index (χ1n) is 8.83. The molecule has 2 aliphatic rings. The first-order valence-corrected chi connectivity index (χ1v) is 9.71. The Bertz CT molecular complexity index is 798. The van der Waals surface area contributed by atoms with Crippen LogP contribution >= 0.6 is 11.3 Å². The van der Waals surface area contributed by atoms with E-state index in [1.54, 1.807) is 21.5 Å². The van der Waals surface area contributed by atoms with Crippen molar-refractivity contribution in [3.8, 4) is 0 Å². The first kappa shape index (κ1) is 16.9. The number of aromatic nitrogens is 1. The van der Waals surface area contributed by atoms with Gasteiger partial charge in [0.1, 0.15) is 0 Å². The van der Waals surface area contributed by atoms with E-state index in [4.69, 9.17) is 0 Å². The molecule has 134 valence electrons. The summed E-state index contributed by atoms with van der Waals surface area (Å²) < 4.78 is 0. The molecular weight excluding hydrogens is 348 g/mol. The highest BCUT2D eigenvalue weighted by molar-refractivity contribution is 7.11. The van der Waals surface area contributed by atoms with Crippen LogP contribution in [0.5, 0.6) is 0 Å². The third-order valence-electron chi connectivity index (χ3n) is 4.99. The molecule has 3 heterocycles. The molecule has 2 aliphatic heterocycles. The Balaban J connectivity index is 1.39. The Morgan fingerprint density at radius 3 is 2.58 bits per heavy atom. The smallest absolute Gasteiger partial charge is 0.282 e. The van der Waals surface area contributed by atoms with Gasteiger partial charge in [0.05, 0.1) is 6.04 Å². The second kappa shape index (κ2) is 7.37. The van der Waals surface area contributed by atoms with Crippen molar-refractivity contribution in [2.24, 2.45) is 11.0 Å². The maximum Gasteiger partial charge on any atom is 0.282 e. The summed E-state index contributed by atoms with van der Waals surface area (Å²) in [6.07, 6.45) is 5.55. The molecule has 7 heteroatoms. The summed E-state index contributed by atoms with van der Waals surface area (Å²) in [6, 6.07) is 10.0.